The average molecular weight is 315 g/mol. The van der Waals surface area contributed by atoms with Crippen molar-refractivity contribution in [3.05, 3.63) is 42.1 Å². The lowest BCUT2D eigenvalue weighted by atomic mass is 10.1. The van der Waals surface area contributed by atoms with Crippen LogP contribution < -0.4 is 10.1 Å². The second kappa shape index (κ2) is 7.51. The first-order valence-electron chi connectivity index (χ1n) is 8.23. The van der Waals surface area contributed by atoms with Gasteiger partial charge in [0.2, 0.25) is 0 Å². The van der Waals surface area contributed by atoms with Gasteiger partial charge in [0.15, 0.2) is 0 Å². The van der Waals surface area contributed by atoms with Crippen LogP contribution >= 0.6 is 0 Å². The maximum atomic E-state index is 5.43. The zero-order chi connectivity index (χ0) is 16.1. The van der Waals surface area contributed by atoms with Gasteiger partial charge in [0, 0.05) is 25.5 Å². The van der Waals surface area contributed by atoms with Crippen molar-refractivity contribution in [1.29, 1.82) is 0 Å². The van der Waals surface area contributed by atoms with Crippen molar-refractivity contribution in [2.75, 3.05) is 27.0 Å². The molecule has 1 aromatic rings. The molecule has 0 aliphatic carbocycles. The van der Waals surface area contributed by atoms with E-state index in [0.29, 0.717) is 6.04 Å². The molecule has 1 fully saturated rings. The normalized spacial score (nSPS) is 22.0. The van der Waals surface area contributed by atoms with Gasteiger partial charge in [-0.1, -0.05) is 12.1 Å². The Balaban J connectivity index is 1.64. The number of hydrogen-bond acceptors (Lipinski definition) is 4. The minimum atomic E-state index is 0.0897. The third kappa shape index (κ3) is 4.05. The highest BCUT2D eigenvalue weighted by Gasteiger charge is 2.21. The number of nitrogens with one attached hydrogen (secondary N) is 1. The van der Waals surface area contributed by atoms with Crippen molar-refractivity contribution in [2.24, 2.45) is 4.99 Å². The number of nitrogens with zero attached hydrogens (tertiary/aromatic N) is 2. The number of benzene rings is 1. The van der Waals surface area contributed by atoms with Crippen LogP contribution in [0.5, 0.6) is 5.75 Å². The molecule has 1 N–H and O–H groups in total. The van der Waals surface area contributed by atoms with Gasteiger partial charge in [0.25, 0.3) is 0 Å². The molecule has 0 bridgehead atoms. The van der Waals surface area contributed by atoms with Crippen LogP contribution in [0.2, 0.25) is 0 Å². The second-order valence-electron chi connectivity index (χ2n) is 5.98. The SMILES string of the molecule is COc1cccc([C@H](C)N=C2C=CN(C3CCOCC3)CN2)c1. The first-order chi connectivity index (χ1) is 11.3. The zero-order valence-corrected chi connectivity index (χ0v) is 13.9. The molecular weight excluding hydrogens is 290 g/mol. The van der Waals surface area contributed by atoms with Crippen LogP contribution in [0.25, 0.3) is 0 Å². The molecule has 5 heteroatoms. The van der Waals surface area contributed by atoms with E-state index in [-0.39, 0.29) is 6.04 Å². The smallest absolute Gasteiger partial charge is 0.124 e. The minimum Gasteiger partial charge on any atom is -0.497 e. The van der Waals surface area contributed by atoms with Gasteiger partial charge < -0.3 is 19.7 Å². The summed E-state index contributed by atoms with van der Waals surface area (Å²) in [5, 5.41) is 3.41. The van der Waals surface area contributed by atoms with Crippen molar-refractivity contribution in [2.45, 2.75) is 31.8 Å². The van der Waals surface area contributed by atoms with Crippen LogP contribution in [0.3, 0.4) is 0 Å². The van der Waals surface area contributed by atoms with E-state index in [1.807, 2.05) is 18.2 Å². The molecule has 0 unspecified atom stereocenters. The molecule has 0 radical (unpaired) electrons. The summed E-state index contributed by atoms with van der Waals surface area (Å²) in [7, 11) is 1.69. The van der Waals surface area contributed by atoms with Crippen molar-refractivity contribution in [3.8, 4) is 5.75 Å². The molecule has 124 valence electrons. The van der Waals surface area contributed by atoms with E-state index in [1.54, 1.807) is 7.11 Å². The molecule has 2 heterocycles. The first-order valence-corrected chi connectivity index (χ1v) is 8.23. The highest BCUT2D eigenvalue weighted by Crippen LogP contribution is 2.22. The molecule has 0 amide bonds. The van der Waals surface area contributed by atoms with Gasteiger partial charge in [-0.05, 0) is 43.5 Å². The second-order valence-corrected chi connectivity index (χ2v) is 5.98. The number of methoxy groups -OCH3 is 1. The Morgan fingerprint density at radius 3 is 2.87 bits per heavy atom. The Labute approximate surface area is 138 Å². The van der Waals surface area contributed by atoms with Gasteiger partial charge in [0.05, 0.1) is 19.8 Å². The van der Waals surface area contributed by atoms with Gasteiger partial charge in [0.1, 0.15) is 11.6 Å². The molecule has 0 spiro atoms. The third-order valence-electron chi connectivity index (χ3n) is 4.44. The Hall–Kier alpha value is -2.01. The van der Waals surface area contributed by atoms with Crippen LogP contribution in [-0.2, 0) is 4.74 Å². The average Bonchev–Trinajstić information content (AvgIpc) is 2.63. The van der Waals surface area contributed by atoms with Crippen LogP contribution in [-0.4, -0.2) is 43.8 Å². The number of ether oxygens (including phenoxy) is 2. The lowest BCUT2D eigenvalue weighted by Crippen LogP contribution is -2.45. The fourth-order valence-corrected chi connectivity index (χ4v) is 2.99. The zero-order valence-electron chi connectivity index (χ0n) is 13.9. The number of rotatable bonds is 4. The van der Waals surface area contributed by atoms with Crippen LogP contribution in [0.4, 0.5) is 0 Å². The van der Waals surface area contributed by atoms with Gasteiger partial charge in [-0.2, -0.15) is 0 Å². The molecule has 1 atom stereocenters. The number of aliphatic imine (C=N–C) groups is 1. The lowest BCUT2D eigenvalue weighted by molar-refractivity contribution is 0.0482. The highest BCUT2D eigenvalue weighted by atomic mass is 16.5. The van der Waals surface area contributed by atoms with Gasteiger partial charge in [-0.15, -0.1) is 0 Å². The molecule has 0 saturated carbocycles. The summed E-state index contributed by atoms with van der Waals surface area (Å²) in [6.07, 6.45) is 6.41. The van der Waals surface area contributed by atoms with E-state index in [4.69, 9.17) is 14.5 Å². The molecule has 5 nitrogen and oxygen atoms in total. The van der Waals surface area contributed by atoms with E-state index < -0.39 is 0 Å². The maximum absolute atomic E-state index is 5.43. The summed E-state index contributed by atoms with van der Waals surface area (Å²) in [5.74, 6) is 1.80. The van der Waals surface area contributed by atoms with E-state index >= 15 is 0 Å². The Bertz CT molecular complexity index is 579. The summed E-state index contributed by atoms with van der Waals surface area (Å²) in [4.78, 5) is 7.12. The van der Waals surface area contributed by atoms with E-state index in [0.717, 1.165) is 49.9 Å². The largest absolute Gasteiger partial charge is 0.497 e. The predicted octanol–water partition coefficient (Wildman–Crippen LogP) is 2.71. The molecule has 1 aromatic carbocycles. The molecule has 3 rings (SSSR count). The molecular formula is C18H25N3O2. The minimum absolute atomic E-state index is 0.0897. The summed E-state index contributed by atoms with van der Waals surface area (Å²) in [6.45, 7) is 4.64. The predicted molar refractivity (Wildman–Crippen MR) is 91.7 cm³/mol. The molecule has 23 heavy (non-hydrogen) atoms. The molecule has 2 aliphatic heterocycles. The third-order valence-corrected chi connectivity index (χ3v) is 4.44. The summed E-state index contributed by atoms with van der Waals surface area (Å²) in [6, 6.07) is 8.74. The molecule has 2 aliphatic rings. The molecule has 0 aromatic heterocycles. The van der Waals surface area contributed by atoms with Gasteiger partial charge in [-0.25, -0.2) is 0 Å². The fourth-order valence-electron chi connectivity index (χ4n) is 2.99. The fraction of sp³-hybridized carbons (Fsp3) is 0.500. The van der Waals surface area contributed by atoms with Crippen molar-refractivity contribution >= 4 is 5.84 Å². The van der Waals surface area contributed by atoms with Crippen molar-refractivity contribution in [3.63, 3.8) is 0 Å². The summed E-state index contributed by atoms with van der Waals surface area (Å²) in [5.41, 5.74) is 1.15. The van der Waals surface area contributed by atoms with Gasteiger partial charge >= 0.3 is 0 Å². The summed E-state index contributed by atoms with van der Waals surface area (Å²) < 4.78 is 10.7. The topological polar surface area (TPSA) is 46.1 Å². The number of amidine groups is 1. The van der Waals surface area contributed by atoms with Crippen LogP contribution in [0.15, 0.2) is 41.5 Å². The monoisotopic (exact) mass is 315 g/mol. The van der Waals surface area contributed by atoms with Crippen LogP contribution in [0, 0.1) is 0 Å². The lowest BCUT2D eigenvalue weighted by Gasteiger charge is -2.35. The Kier molecular flexibility index (Phi) is 5.18. The summed E-state index contributed by atoms with van der Waals surface area (Å²) >= 11 is 0. The van der Waals surface area contributed by atoms with E-state index in [1.165, 1.54) is 0 Å². The van der Waals surface area contributed by atoms with Crippen molar-refractivity contribution < 1.29 is 9.47 Å². The van der Waals surface area contributed by atoms with E-state index in [2.05, 4.69) is 35.5 Å². The Morgan fingerprint density at radius 1 is 1.35 bits per heavy atom. The number of hydrogen-bond donors (Lipinski definition) is 1. The first kappa shape index (κ1) is 15.9. The van der Waals surface area contributed by atoms with E-state index in [9.17, 15) is 0 Å². The molecule has 1 saturated heterocycles. The quantitative estimate of drug-likeness (QED) is 0.928. The standard InChI is InChI=1S/C18H25N3O2/c1-14(15-4-3-5-17(12-15)22-2)20-18-6-9-21(13-19-18)16-7-10-23-11-8-16/h3-6,9,12,14,16H,7-8,10-11,13H2,1-2H3,(H,19,20)/t14-/m0/s1. The van der Waals surface area contributed by atoms with Crippen LogP contribution in [0.1, 0.15) is 31.4 Å². The highest BCUT2D eigenvalue weighted by molar-refractivity contribution is 5.93. The Morgan fingerprint density at radius 2 is 2.17 bits per heavy atom. The van der Waals surface area contributed by atoms with Crippen molar-refractivity contribution in [1.82, 2.24) is 10.2 Å². The maximum Gasteiger partial charge on any atom is 0.124 e. The van der Waals surface area contributed by atoms with Gasteiger partial charge in [-0.3, -0.25) is 4.99 Å².